The Morgan fingerprint density at radius 3 is 2.81 bits per heavy atom. The summed E-state index contributed by atoms with van der Waals surface area (Å²) in [4.78, 5) is 4.72. The van der Waals surface area contributed by atoms with Gasteiger partial charge in [-0.2, -0.15) is 0 Å². The summed E-state index contributed by atoms with van der Waals surface area (Å²) in [5.74, 6) is 4.10. The van der Waals surface area contributed by atoms with Crippen LogP contribution in [0.25, 0.3) is 0 Å². The van der Waals surface area contributed by atoms with Gasteiger partial charge in [0.1, 0.15) is 5.82 Å². The van der Waals surface area contributed by atoms with Crippen LogP contribution in [0, 0.1) is 5.92 Å². The van der Waals surface area contributed by atoms with Gasteiger partial charge in [-0.05, 0) is 49.6 Å². The molecule has 1 aliphatic rings. The number of aliphatic imine (C=N–C) groups is 1. The summed E-state index contributed by atoms with van der Waals surface area (Å²) in [6, 6.07) is 6.09. The molecule has 0 radical (unpaired) electrons. The molecule has 0 saturated carbocycles. The van der Waals surface area contributed by atoms with Gasteiger partial charge in [0, 0.05) is 32.6 Å². The molecule has 0 saturated heterocycles. The Balaban J connectivity index is 1.47. The Bertz CT molecular complexity index is 868. The number of hydrogen-bond donors (Lipinski definition) is 2. The van der Waals surface area contributed by atoms with Crippen LogP contribution >= 0.6 is 11.8 Å². The van der Waals surface area contributed by atoms with Gasteiger partial charge in [0.25, 0.3) is 0 Å². The maximum atomic E-state index is 5.45. The largest absolute Gasteiger partial charge is 0.454 e. The van der Waals surface area contributed by atoms with E-state index >= 15 is 0 Å². The summed E-state index contributed by atoms with van der Waals surface area (Å²) in [5, 5.41) is 16.4. The van der Waals surface area contributed by atoms with Gasteiger partial charge in [0.15, 0.2) is 22.6 Å². The Morgan fingerprint density at radius 2 is 2.03 bits per heavy atom. The van der Waals surface area contributed by atoms with Gasteiger partial charge >= 0.3 is 0 Å². The Morgan fingerprint density at radius 1 is 1.19 bits per heavy atom. The predicted molar refractivity (Wildman–Crippen MR) is 125 cm³/mol. The number of guanidine groups is 1. The average molecular weight is 447 g/mol. The lowest BCUT2D eigenvalue weighted by molar-refractivity contribution is 0.174. The lowest BCUT2D eigenvalue weighted by Crippen LogP contribution is -2.38. The number of benzene rings is 1. The lowest BCUT2D eigenvalue weighted by Gasteiger charge is -2.12. The van der Waals surface area contributed by atoms with Gasteiger partial charge in [-0.3, -0.25) is 4.99 Å². The van der Waals surface area contributed by atoms with Crippen LogP contribution in [-0.4, -0.2) is 53.4 Å². The van der Waals surface area contributed by atoms with Crippen molar-refractivity contribution < 1.29 is 9.47 Å². The van der Waals surface area contributed by atoms with Crippen molar-refractivity contribution in [3.05, 3.63) is 29.6 Å². The third kappa shape index (κ3) is 6.78. The van der Waals surface area contributed by atoms with E-state index < -0.39 is 0 Å². The van der Waals surface area contributed by atoms with Crippen molar-refractivity contribution in [1.29, 1.82) is 0 Å². The highest BCUT2D eigenvalue weighted by Crippen LogP contribution is 2.32. The first-order valence-electron chi connectivity index (χ1n) is 11.0. The second kappa shape index (κ2) is 11.8. The van der Waals surface area contributed by atoms with E-state index in [0.29, 0.717) is 12.7 Å². The molecule has 2 heterocycles. The van der Waals surface area contributed by atoms with Crippen LogP contribution in [0.2, 0.25) is 0 Å². The van der Waals surface area contributed by atoms with E-state index in [1.807, 2.05) is 18.4 Å². The molecule has 2 N–H and O–H groups in total. The van der Waals surface area contributed by atoms with E-state index in [2.05, 4.69) is 52.2 Å². The van der Waals surface area contributed by atoms with E-state index in [0.717, 1.165) is 73.9 Å². The zero-order valence-corrected chi connectivity index (χ0v) is 19.8. The molecule has 2 aromatic rings. The first-order chi connectivity index (χ1) is 15.1. The molecule has 0 amide bonds. The summed E-state index contributed by atoms with van der Waals surface area (Å²) in [6.07, 6.45) is 4.74. The summed E-state index contributed by atoms with van der Waals surface area (Å²) < 4.78 is 13.1. The maximum absolute atomic E-state index is 5.45. The molecule has 0 spiro atoms. The predicted octanol–water partition coefficient (Wildman–Crippen LogP) is 3.12. The van der Waals surface area contributed by atoms with Crippen LogP contribution in [0.5, 0.6) is 11.5 Å². The fourth-order valence-electron chi connectivity index (χ4n) is 3.39. The molecule has 0 atom stereocenters. The van der Waals surface area contributed by atoms with Crippen molar-refractivity contribution in [2.75, 3.05) is 32.7 Å². The third-order valence-corrected chi connectivity index (χ3v) is 5.51. The summed E-state index contributed by atoms with van der Waals surface area (Å²) in [5.41, 5.74) is 1.21. The first-order valence-corrected chi connectivity index (χ1v) is 12.2. The van der Waals surface area contributed by atoms with Crippen LogP contribution in [0.3, 0.4) is 0 Å². The molecule has 31 heavy (non-hydrogen) atoms. The zero-order valence-electron chi connectivity index (χ0n) is 19.0. The molecule has 8 nitrogen and oxygen atoms in total. The highest BCUT2D eigenvalue weighted by atomic mass is 32.2. The number of thioether (sulfide) groups is 1. The fourth-order valence-corrected chi connectivity index (χ4v) is 3.92. The molecule has 0 unspecified atom stereocenters. The molecule has 9 heteroatoms. The highest BCUT2D eigenvalue weighted by molar-refractivity contribution is 7.98. The van der Waals surface area contributed by atoms with Crippen molar-refractivity contribution in [3.63, 3.8) is 0 Å². The Hall–Kier alpha value is -2.42. The minimum atomic E-state index is 0.306. The SMILES string of the molecule is CCNC(=NCCCc1nnc(SC)n1CC(C)C)NCCc1ccc2c(c1)OCO2. The van der Waals surface area contributed by atoms with Crippen molar-refractivity contribution in [1.82, 2.24) is 25.4 Å². The monoisotopic (exact) mass is 446 g/mol. The van der Waals surface area contributed by atoms with Crippen molar-refractivity contribution >= 4 is 17.7 Å². The molecular formula is C22H34N6O2S. The maximum Gasteiger partial charge on any atom is 0.231 e. The van der Waals surface area contributed by atoms with Crippen molar-refractivity contribution in [2.24, 2.45) is 10.9 Å². The molecular weight excluding hydrogens is 412 g/mol. The molecule has 0 bridgehead atoms. The van der Waals surface area contributed by atoms with Crippen LogP contribution in [0.15, 0.2) is 28.3 Å². The molecule has 0 fully saturated rings. The van der Waals surface area contributed by atoms with Gasteiger partial charge in [-0.15, -0.1) is 10.2 Å². The van der Waals surface area contributed by atoms with Crippen LogP contribution < -0.4 is 20.1 Å². The standard InChI is InChI=1S/C22H34N6O2S/c1-5-23-21(25-12-10-17-8-9-18-19(13-17)30-15-29-18)24-11-6-7-20-26-27-22(31-4)28(20)14-16(2)3/h8-9,13,16H,5-7,10-12,14-15H2,1-4H3,(H2,23,24,25). The summed E-state index contributed by atoms with van der Waals surface area (Å²) >= 11 is 1.65. The molecule has 0 aliphatic carbocycles. The zero-order chi connectivity index (χ0) is 22.1. The van der Waals surface area contributed by atoms with Gasteiger partial charge in [-0.25, -0.2) is 0 Å². The Labute approximate surface area is 189 Å². The lowest BCUT2D eigenvalue weighted by atomic mass is 10.1. The smallest absolute Gasteiger partial charge is 0.231 e. The first kappa shape index (κ1) is 23.2. The van der Waals surface area contributed by atoms with E-state index in [1.54, 1.807) is 11.8 Å². The van der Waals surface area contributed by atoms with E-state index in [4.69, 9.17) is 14.5 Å². The van der Waals surface area contributed by atoms with E-state index in [-0.39, 0.29) is 0 Å². The van der Waals surface area contributed by atoms with Crippen LogP contribution in [0.1, 0.15) is 38.6 Å². The average Bonchev–Trinajstić information content (AvgIpc) is 3.37. The van der Waals surface area contributed by atoms with Crippen LogP contribution in [0.4, 0.5) is 0 Å². The molecule has 3 rings (SSSR count). The number of hydrogen-bond acceptors (Lipinski definition) is 6. The minimum absolute atomic E-state index is 0.306. The molecule has 1 aromatic heterocycles. The Kier molecular flexibility index (Phi) is 8.87. The number of ether oxygens (including phenoxy) is 2. The molecule has 1 aromatic carbocycles. The minimum Gasteiger partial charge on any atom is -0.454 e. The number of fused-ring (bicyclic) bond motifs is 1. The van der Waals surface area contributed by atoms with Crippen molar-refractivity contribution in [3.8, 4) is 11.5 Å². The number of nitrogens with zero attached hydrogens (tertiary/aromatic N) is 4. The number of rotatable bonds is 11. The van der Waals surface area contributed by atoms with Gasteiger partial charge < -0.3 is 24.7 Å². The third-order valence-electron chi connectivity index (χ3n) is 4.84. The molecule has 1 aliphatic heterocycles. The van der Waals surface area contributed by atoms with Gasteiger partial charge in [-0.1, -0.05) is 31.7 Å². The molecule has 170 valence electrons. The van der Waals surface area contributed by atoms with Gasteiger partial charge in [0.2, 0.25) is 6.79 Å². The number of nitrogens with one attached hydrogen (secondary N) is 2. The summed E-state index contributed by atoms with van der Waals surface area (Å²) in [7, 11) is 0. The van der Waals surface area contributed by atoms with Gasteiger partial charge in [0.05, 0.1) is 0 Å². The highest BCUT2D eigenvalue weighted by Gasteiger charge is 2.13. The van der Waals surface area contributed by atoms with Crippen LogP contribution in [-0.2, 0) is 19.4 Å². The summed E-state index contributed by atoms with van der Waals surface area (Å²) in [6.45, 7) is 10.1. The quantitative estimate of drug-likeness (QED) is 0.237. The van der Waals surface area contributed by atoms with E-state index in [1.165, 1.54) is 5.56 Å². The van der Waals surface area contributed by atoms with E-state index in [9.17, 15) is 0 Å². The normalized spacial score (nSPS) is 13.1. The number of aromatic nitrogens is 3. The number of aryl methyl sites for hydroxylation is 1. The fraction of sp³-hybridized carbons (Fsp3) is 0.591. The second-order valence-electron chi connectivity index (χ2n) is 7.84. The topological polar surface area (TPSA) is 85.6 Å². The second-order valence-corrected chi connectivity index (χ2v) is 8.61. The van der Waals surface area contributed by atoms with Crippen molar-refractivity contribution in [2.45, 2.75) is 51.7 Å².